The molecule has 1 fully saturated rings. The van der Waals surface area contributed by atoms with Crippen LogP contribution in [0.4, 0.5) is 5.69 Å². The van der Waals surface area contributed by atoms with Crippen LogP contribution in [0.2, 0.25) is 0 Å². The van der Waals surface area contributed by atoms with E-state index in [1.54, 1.807) is 7.11 Å². The molecule has 0 bridgehead atoms. The highest BCUT2D eigenvalue weighted by Gasteiger charge is 2.30. The molecule has 18 heavy (non-hydrogen) atoms. The van der Waals surface area contributed by atoms with Gasteiger partial charge in [0.1, 0.15) is 5.75 Å². The van der Waals surface area contributed by atoms with Crippen LogP contribution >= 0.6 is 15.9 Å². The number of halogens is 1. The van der Waals surface area contributed by atoms with Gasteiger partial charge in [-0.3, -0.25) is 0 Å². The van der Waals surface area contributed by atoms with Gasteiger partial charge < -0.3 is 15.4 Å². The number of piperidine rings is 1. The number of anilines is 1. The summed E-state index contributed by atoms with van der Waals surface area (Å²) in [6, 6.07) is 7.03. The number of benzene rings is 1. The maximum atomic E-state index is 6.13. The molecule has 1 aromatic carbocycles. The lowest BCUT2D eigenvalue weighted by Crippen LogP contribution is -2.51. The Hall–Kier alpha value is -0.740. The SMILES string of the molecule is COc1cc(N2CCC(N)C(C)C2C)ccc1Br. The second-order valence-electron chi connectivity index (χ2n) is 5.06. The smallest absolute Gasteiger partial charge is 0.135 e. The molecule has 1 heterocycles. The molecule has 2 rings (SSSR count). The molecule has 0 aliphatic carbocycles. The zero-order valence-electron chi connectivity index (χ0n) is 11.2. The standard InChI is InChI=1S/C14H21BrN2O/c1-9-10(2)17(7-6-13(9)16)11-4-5-12(15)14(8-11)18-3/h4-5,8-10,13H,6-7,16H2,1-3H3. The van der Waals surface area contributed by atoms with Crippen molar-refractivity contribution in [1.29, 1.82) is 0 Å². The summed E-state index contributed by atoms with van der Waals surface area (Å²) in [6.07, 6.45) is 1.05. The summed E-state index contributed by atoms with van der Waals surface area (Å²) in [5.74, 6) is 1.38. The Labute approximate surface area is 117 Å². The fourth-order valence-electron chi connectivity index (χ4n) is 2.59. The lowest BCUT2D eigenvalue weighted by molar-refractivity contribution is 0.315. The molecular weight excluding hydrogens is 292 g/mol. The maximum Gasteiger partial charge on any atom is 0.135 e. The molecule has 0 aromatic heterocycles. The zero-order chi connectivity index (χ0) is 13.3. The first-order chi connectivity index (χ1) is 8.54. The van der Waals surface area contributed by atoms with Gasteiger partial charge in [0.2, 0.25) is 0 Å². The highest BCUT2D eigenvalue weighted by Crippen LogP contribution is 2.33. The summed E-state index contributed by atoms with van der Waals surface area (Å²) >= 11 is 3.49. The highest BCUT2D eigenvalue weighted by molar-refractivity contribution is 9.10. The van der Waals surface area contributed by atoms with E-state index in [0.717, 1.165) is 23.2 Å². The van der Waals surface area contributed by atoms with Gasteiger partial charge in [0.25, 0.3) is 0 Å². The van der Waals surface area contributed by atoms with Gasteiger partial charge in [-0.05, 0) is 47.3 Å². The summed E-state index contributed by atoms with van der Waals surface area (Å²) in [5.41, 5.74) is 7.34. The summed E-state index contributed by atoms with van der Waals surface area (Å²) in [6.45, 7) is 5.49. The minimum atomic E-state index is 0.314. The molecule has 0 spiro atoms. The predicted octanol–water partition coefficient (Wildman–Crippen LogP) is 3.02. The lowest BCUT2D eigenvalue weighted by Gasteiger charge is -2.43. The highest BCUT2D eigenvalue weighted by atomic mass is 79.9. The minimum absolute atomic E-state index is 0.314. The molecule has 1 aromatic rings. The van der Waals surface area contributed by atoms with E-state index in [9.17, 15) is 0 Å². The third-order valence-corrected chi connectivity index (χ3v) is 4.75. The first-order valence-corrected chi connectivity index (χ1v) is 7.19. The molecule has 1 saturated heterocycles. The number of ether oxygens (including phenoxy) is 1. The topological polar surface area (TPSA) is 38.5 Å². The van der Waals surface area contributed by atoms with Gasteiger partial charge in [0, 0.05) is 30.4 Å². The van der Waals surface area contributed by atoms with Crippen LogP contribution in [0.25, 0.3) is 0 Å². The van der Waals surface area contributed by atoms with Crippen LogP contribution in [-0.2, 0) is 0 Å². The number of nitrogens with two attached hydrogens (primary N) is 1. The van der Waals surface area contributed by atoms with Gasteiger partial charge in [-0.25, -0.2) is 0 Å². The van der Waals surface area contributed by atoms with Crippen molar-refractivity contribution in [3.63, 3.8) is 0 Å². The molecule has 2 N–H and O–H groups in total. The molecule has 0 saturated carbocycles. The van der Waals surface area contributed by atoms with Gasteiger partial charge in [-0.1, -0.05) is 6.92 Å². The fraction of sp³-hybridized carbons (Fsp3) is 0.571. The third kappa shape index (κ3) is 2.50. The van der Waals surface area contributed by atoms with E-state index < -0.39 is 0 Å². The minimum Gasteiger partial charge on any atom is -0.495 e. The van der Waals surface area contributed by atoms with Crippen molar-refractivity contribution < 1.29 is 4.74 Å². The Morgan fingerprint density at radius 1 is 1.39 bits per heavy atom. The summed E-state index contributed by atoms with van der Waals surface area (Å²) in [7, 11) is 1.70. The summed E-state index contributed by atoms with van der Waals surface area (Å²) < 4.78 is 6.35. The average Bonchev–Trinajstić information content (AvgIpc) is 2.37. The zero-order valence-corrected chi connectivity index (χ0v) is 12.8. The van der Waals surface area contributed by atoms with Crippen LogP contribution in [0.15, 0.2) is 22.7 Å². The Morgan fingerprint density at radius 2 is 2.11 bits per heavy atom. The van der Waals surface area contributed by atoms with Crippen molar-refractivity contribution in [1.82, 2.24) is 0 Å². The Balaban J connectivity index is 2.26. The molecule has 1 aliphatic heterocycles. The van der Waals surface area contributed by atoms with Gasteiger partial charge in [-0.2, -0.15) is 0 Å². The predicted molar refractivity (Wildman–Crippen MR) is 79.3 cm³/mol. The quantitative estimate of drug-likeness (QED) is 0.912. The van der Waals surface area contributed by atoms with Crippen LogP contribution < -0.4 is 15.4 Å². The largest absolute Gasteiger partial charge is 0.495 e. The second kappa shape index (κ2) is 5.49. The van der Waals surface area contributed by atoms with Crippen molar-refractivity contribution in [2.45, 2.75) is 32.4 Å². The van der Waals surface area contributed by atoms with Crippen molar-refractivity contribution in [2.75, 3.05) is 18.6 Å². The lowest BCUT2D eigenvalue weighted by atomic mass is 9.87. The Bertz CT molecular complexity index is 424. The van der Waals surface area contributed by atoms with E-state index in [1.165, 1.54) is 5.69 Å². The van der Waals surface area contributed by atoms with Gasteiger partial charge >= 0.3 is 0 Å². The molecule has 100 valence electrons. The van der Waals surface area contributed by atoms with Crippen LogP contribution in [0.3, 0.4) is 0 Å². The van der Waals surface area contributed by atoms with E-state index in [-0.39, 0.29) is 0 Å². The van der Waals surface area contributed by atoms with Gasteiger partial charge in [0.15, 0.2) is 0 Å². The molecule has 3 atom stereocenters. The molecule has 3 nitrogen and oxygen atoms in total. The van der Waals surface area contributed by atoms with E-state index in [2.05, 4.69) is 46.8 Å². The molecule has 4 heteroatoms. The first-order valence-electron chi connectivity index (χ1n) is 6.40. The van der Waals surface area contributed by atoms with Crippen LogP contribution in [0.5, 0.6) is 5.75 Å². The molecule has 0 radical (unpaired) electrons. The molecule has 1 aliphatic rings. The van der Waals surface area contributed by atoms with E-state index in [4.69, 9.17) is 10.5 Å². The Kier molecular flexibility index (Phi) is 4.17. The van der Waals surface area contributed by atoms with Crippen LogP contribution in [0, 0.1) is 5.92 Å². The molecule has 3 unspecified atom stereocenters. The number of rotatable bonds is 2. The van der Waals surface area contributed by atoms with Crippen molar-refractivity contribution in [2.24, 2.45) is 11.7 Å². The number of nitrogens with zero attached hydrogens (tertiary/aromatic N) is 1. The monoisotopic (exact) mass is 312 g/mol. The molecule has 0 amide bonds. The van der Waals surface area contributed by atoms with Gasteiger partial charge in [0.05, 0.1) is 11.6 Å². The van der Waals surface area contributed by atoms with Gasteiger partial charge in [-0.15, -0.1) is 0 Å². The Morgan fingerprint density at radius 3 is 2.78 bits per heavy atom. The first kappa shape index (κ1) is 13.7. The van der Waals surface area contributed by atoms with E-state index in [1.807, 2.05) is 6.07 Å². The third-order valence-electron chi connectivity index (χ3n) is 4.10. The number of methoxy groups -OCH3 is 1. The second-order valence-corrected chi connectivity index (χ2v) is 5.92. The van der Waals surface area contributed by atoms with Crippen LogP contribution in [-0.4, -0.2) is 25.7 Å². The average molecular weight is 313 g/mol. The number of hydrogen-bond acceptors (Lipinski definition) is 3. The van der Waals surface area contributed by atoms with Crippen LogP contribution in [0.1, 0.15) is 20.3 Å². The van der Waals surface area contributed by atoms with Crippen molar-refractivity contribution in [3.05, 3.63) is 22.7 Å². The number of hydrogen-bond donors (Lipinski definition) is 1. The fourth-order valence-corrected chi connectivity index (χ4v) is 3.00. The summed E-state index contributed by atoms with van der Waals surface area (Å²) in [4.78, 5) is 2.42. The molecular formula is C14H21BrN2O. The van der Waals surface area contributed by atoms with Crippen molar-refractivity contribution >= 4 is 21.6 Å². The summed E-state index contributed by atoms with van der Waals surface area (Å²) in [5, 5.41) is 0. The normalized spacial score (nSPS) is 28.3. The van der Waals surface area contributed by atoms with Crippen molar-refractivity contribution in [3.8, 4) is 5.75 Å². The maximum absolute atomic E-state index is 6.13. The van der Waals surface area contributed by atoms with E-state index in [0.29, 0.717) is 18.0 Å². The van der Waals surface area contributed by atoms with E-state index >= 15 is 0 Å².